The normalized spacial score (nSPS) is 19.0. The van der Waals surface area contributed by atoms with Crippen LogP contribution in [0.2, 0.25) is 5.02 Å². The number of nitrogens with zero attached hydrogens (tertiary/aromatic N) is 2. The van der Waals surface area contributed by atoms with Crippen LogP contribution >= 0.6 is 11.6 Å². The van der Waals surface area contributed by atoms with Crippen molar-refractivity contribution in [3.63, 3.8) is 0 Å². The average molecular weight is 371 g/mol. The molecule has 1 fully saturated rings. The number of carbonyl (C=O) groups is 2. The van der Waals surface area contributed by atoms with Crippen molar-refractivity contribution in [3.05, 3.63) is 64.2 Å². The van der Waals surface area contributed by atoms with Crippen LogP contribution in [0.25, 0.3) is 0 Å². The van der Waals surface area contributed by atoms with Crippen LogP contribution in [-0.2, 0) is 11.2 Å². The highest BCUT2D eigenvalue weighted by Crippen LogP contribution is 2.35. The van der Waals surface area contributed by atoms with Crippen LogP contribution in [-0.4, -0.2) is 48.4 Å². The van der Waals surface area contributed by atoms with Crippen molar-refractivity contribution in [1.82, 2.24) is 9.80 Å². The second-order valence-corrected chi connectivity index (χ2v) is 7.05. The van der Waals surface area contributed by atoms with Crippen LogP contribution in [0.3, 0.4) is 0 Å². The summed E-state index contributed by atoms with van der Waals surface area (Å²) in [6.07, 6.45) is 0.821. The molecule has 1 saturated heterocycles. The van der Waals surface area contributed by atoms with E-state index in [1.165, 1.54) is 5.56 Å². The number of rotatable bonds is 2. The maximum absolute atomic E-state index is 12.9. The lowest BCUT2D eigenvalue weighted by molar-refractivity contribution is -0.139. The Kier molecular flexibility index (Phi) is 4.32. The fraction of sp³-hybridized carbons (Fsp3) is 0.300. The highest BCUT2D eigenvalue weighted by molar-refractivity contribution is 6.30. The molecule has 2 aliphatic rings. The Labute approximate surface area is 157 Å². The van der Waals surface area contributed by atoms with Crippen molar-refractivity contribution >= 4 is 23.4 Å². The molecule has 0 aliphatic carbocycles. The van der Waals surface area contributed by atoms with Gasteiger partial charge in [0.25, 0.3) is 5.91 Å². The molecule has 0 bridgehead atoms. The van der Waals surface area contributed by atoms with E-state index in [2.05, 4.69) is 0 Å². The minimum absolute atomic E-state index is 0.0197. The molecular weight excluding hydrogens is 352 g/mol. The first-order chi connectivity index (χ1) is 12.6. The highest BCUT2D eigenvalue weighted by atomic mass is 35.5. The number of amides is 2. The van der Waals surface area contributed by atoms with Gasteiger partial charge in [-0.15, -0.1) is 0 Å². The van der Waals surface area contributed by atoms with Crippen molar-refractivity contribution in [2.75, 3.05) is 26.7 Å². The SMILES string of the molecule is COc1ccc(C(=O)N2CC(=O)N3CCc4ccc(Cl)cc4C3C2)cc1. The lowest BCUT2D eigenvalue weighted by atomic mass is 9.90. The summed E-state index contributed by atoms with van der Waals surface area (Å²) in [5, 5.41) is 0.650. The zero-order valence-corrected chi connectivity index (χ0v) is 15.2. The third-order valence-electron chi connectivity index (χ3n) is 5.13. The molecule has 1 unspecified atom stereocenters. The Hall–Kier alpha value is -2.53. The molecule has 2 aromatic rings. The molecule has 2 amide bonds. The second kappa shape index (κ2) is 6.65. The molecule has 0 saturated carbocycles. The van der Waals surface area contributed by atoms with E-state index in [4.69, 9.17) is 16.3 Å². The van der Waals surface area contributed by atoms with E-state index >= 15 is 0 Å². The van der Waals surface area contributed by atoms with Crippen LogP contribution in [0, 0.1) is 0 Å². The fourth-order valence-corrected chi connectivity index (χ4v) is 3.94. The standard InChI is InChI=1S/C20H19ClN2O3/c1-26-16-6-3-14(4-7-16)20(25)22-11-18-17-10-15(21)5-2-13(17)8-9-23(18)19(24)12-22/h2-7,10,18H,8-9,11-12H2,1H3. The van der Waals surface area contributed by atoms with Crippen LogP contribution in [0.4, 0.5) is 0 Å². The monoisotopic (exact) mass is 370 g/mol. The molecule has 0 N–H and O–H groups in total. The van der Waals surface area contributed by atoms with Gasteiger partial charge in [0, 0.05) is 23.7 Å². The van der Waals surface area contributed by atoms with Gasteiger partial charge in [0.15, 0.2) is 0 Å². The van der Waals surface area contributed by atoms with Crippen LogP contribution in [0.1, 0.15) is 27.5 Å². The molecule has 0 aromatic heterocycles. The molecule has 5 nitrogen and oxygen atoms in total. The number of hydrogen-bond acceptors (Lipinski definition) is 3. The van der Waals surface area contributed by atoms with E-state index in [1.54, 1.807) is 36.3 Å². The van der Waals surface area contributed by atoms with Gasteiger partial charge in [0.05, 0.1) is 13.2 Å². The van der Waals surface area contributed by atoms with Gasteiger partial charge in [-0.05, 0) is 53.9 Å². The summed E-state index contributed by atoms with van der Waals surface area (Å²) in [5.74, 6) is 0.529. The number of halogens is 1. The first kappa shape index (κ1) is 16.9. The zero-order valence-electron chi connectivity index (χ0n) is 14.4. The average Bonchev–Trinajstić information content (AvgIpc) is 2.67. The molecule has 1 atom stereocenters. The topological polar surface area (TPSA) is 49.9 Å². The minimum Gasteiger partial charge on any atom is -0.497 e. The molecule has 6 heteroatoms. The van der Waals surface area contributed by atoms with Gasteiger partial charge in [-0.2, -0.15) is 0 Å². The Balaban J connectivity index is 1.62. The van der Waals surface area contributed by atoms with Gasteiger partial charge in [-0.25, -0.2) is 0 Å². The summed E-state index contributed by atoms with van der Waals surface area (Å²) in [6.45, 7) is 1.27. The molecule has 0 radical (unpaired) electrons. The van der Waals surface area contributed by atoms with E-state index in [-0.39, 0.29) is 24.4 Å². The van der Waals surface area contributed by atoms with Crippen molar-refractivity contribution < 1.29 is 14.3 Å². The first-order valence-corrected chi connectivity index (χ1v) is 8.96. The Morgan fingerprint density at radius 3 is 2.69 bits per heavy atom. The number of carbonyl (C=O) groups excluding carboxylic acids is 2. The van der Waals surface area contributed by atoms with Gasteiger partial charge in [-0.3, -0.25) is 9.59 Å². The van der Waals surface area contributed by atoms with Crippen LogP contribution in [0.15, 0.2) is 42.5 Å². The van der Waals surface area contributed by atoms with E-state index in [0.717, 1.165) is 12.0 Å². The molecule has 2 aliphatic heterocycles. The number of piperazine rings is 1. The summed E-state index contributed by atoms with van der Waals surface area (Å²) < 4.78 is 5.13. The molecule has 2 heterocycles. The van der Waals surface area contributed by atoms with E-state index in [0.29, 0.717) is 29.4 Å². The second-order valence-electron chi connectivity index (χ2n) is 6.61. The summed E-state index contributed by atoms with van der Waals surface area (Å²) in [5.41, 5.74) is 2.79. The predicted octanol–water partition coefficient (Wildman–Crippen LogP) is 2.93. The van der Waals surface area contributed by atoms with Crippen LogP contribution in [0.5, 0.6) is 5.75 Å². The third-order valence-corrected chi connectivity index (χ3v) is 5.36. The number of hydrogen-bond donors (Lipinski definition) is 0. The van der Waals surface area contributed by atoms with Crippen molar-refractivity contribution in [2.45, 2.75) is 12.5 Å². The predicted molar refractivity (Wildman–Crippen MR) is 98.5 cm³/mol. The molecule has 2 aromatic carbocycles. The maximum Gasteiger partial charge on any atom is 0.254 e. The molecule has 134 valence electrons. The first-order valence-electron chi connectivity index (χ1n) is 8.58. The Bertz CT molecular complexity index is 866. The Morgan fingerprint density at radius 2 is 1.96 bits per heavy atom. The number of benzene rings is 2. The van der Waals surface area contributed by atoms with Gasteiger partial charge in [-0.1, -0.05) is 17.7 Å². The minimum atomic E-state index is -0.144. The van der Waals surface area contributed by atoms with E-state index < -0.39 is 0 Å². The van der Waals surface area contributed by atoms with Gasteiger partial charge >= 0.3 is 0 Å². The summed E-state index contributed by atoms with van der Waals surface area (Å²) in [7, 11) is 1.58. The highest BCUT2D eigenvalue weighted by Gasteiger charge is 2.38. The number of ether oxygens (including phenoxy) is 1. The number of methoxy groups -OCH3 is 1. The number of fused-ring (bicyclic) bond motifs is 3. The van der Waals surface area contributed by atoms with Gasteiger partial charge in [0.1, 0.15) is 12.3 Å². The molecule has 26 heavy (non-hydrogen) atoms. The largest absolute Gasteiger partial charge is 0.497 e. The van der Waals surface area contributed by atoms with Crippen molar-refractivity contribution in [2.24, 2.45) is 0 Å². The van der Waals surface area contributed by atoms with Crippen molar-refractivity contribution in [1.29, 1.82) is 0 Å². The summed E-state index contributed by atoms with van der Waals surface area (Å²) in [6, 6.07) is 12.6. The van der Waals surface area contributed by atoms with E-state index in [9.17, 15) is 9.59 Å². The lowest BCUT2D eigenvalue weighted by Crippen LogP contribution is -2.55. The quantitative estimate of drug-likeness (QED) is 0.816. The summed E-state index contributed by atoms with van der Waals surface area (Å²) >= 11 is 6.17. The van der Waals surface area contributed by atoms with Crippen LogP contribution < -0.4 is 4.74 Å². The smallest absolute Gasteiger partial charge is 0.254 e. The maximum atomic E-state index is 12.9. The Morgan fingerprint density at radius 1 is 1.19 bits per heavy atom. The fourth-order valence-electron chi connectivity index (χ4n) is 3.76. The molecular formula is C20H19ClN2O3. The molecule has 4 rings (SSSR count). The zero-order chi connectivity index (χ0) is 18.3. The van der Waals surface area contributed by atoms with Gasteiger partial charge in [0.2, 0.25) is 5.91 Å². The lowest BCUT2D eigenvalue weighted by Gasteiger charge is -2.44. The third kappa shape index (κ3) is 2.92. The molecule has 0 spiro atoms. The van der Waals surface area contributed by atoms with Crippen molar-refractivity contribution in [3.8, 4) is 5.75 Å². The van der Waals surface area contributed by atoms with Gasteiger partial charge < -0.3 is 14.5 Å². The summed E-state index contributed by atoms with van der Waals surface area (Å²) in [4.78, 5) is 29.0. The van der Waals surface area contributed by atoms with E-state index in [1.807, 2.05) is 23.1 Å².